The predicted octanol–water partition coefficient (Wildman–Crippen LogP) is 1.09. The number of anilines is 1. The number of amides is 3. The Balaban J connectivity index is 1.23. The largest absolute Gasteiger partial charge is 0.367 e. The molecule has 3 aromatic rings. The van der Waals surface area contributed by atoms with Crippen LogP contribution in [0.4, 0.5) is 5.82 Å². The van der Waals surface area contributed by atoms with E-state index in [0.29, 0.717) is 35.9 Å². The van der Waals surface area contributed by atoms with Gasteiger partial charge in [-0.25, -0.2) is 0 Å². The Bertz CT molecular complexity index is 1010. The molecule has 4 rings (SSSR count). The van der Waals surface area contributed by atoms with Crippen LogP contribution in [0.15, 0.2) is 60.9 Å². The topological polar surface area (TPSA) is 109 Å². The van der Waals surface area contributed by atoms with Gasteiger partial charge in [0, 0.05) is 25.5 Å². The van der Waals surface area contributed by atoms with Gasteiger partial charge in [-0.2, -0.15) is 0 Å². The monoisotopic (exact) mass is 390 g/mol. The lowest BCUT2D eigenvalue weighted by molar-refractivity contribution is -0.121. The van der Waals surface area contributed by atoms with Crippen LogP contribution in [0, 0.1) is 0 Å². The standard InChI is InChI=1S/C20H18N6O3/c27-18(13-26-19(28)14-5-1-2-6-15(14)20(26)29)22-10-9-21-16-7-8-17(24-23-16)25-11-3-4-12-25/h1-8,11-12H,9-10,13H2,(H,21,23)(H,22,27). The second kappa shape index (κ2) is 7.93. The van der Waals surface area contributed by atoms with Crippen molar-refractivity contribution in [3.8, 4) is 5.82 Å². The van der Waals surface area contributed by atoms with E-state index in [9.17, 15) is 14.4 Å². The van der Waals surface area contributed by atoms with Crippen LogP contribution in [0.3, 0.4) is 0 Å². The third-order valence-electron chi connectivity index (χ3n) is 4.45. The normalized spacial score (nSPS) is 12.8. The van der Waals surface area contributed by atoms with Crippen molar-refractivity contribution in [1.82, 2.24) is 25.0 Å². The molecule has 1 aliphatic heterocycles. The van der Waals surface area contributed by atoms with Crippen LogP contribution in [0.2, 0.25) is 0 Å². The number of aromatic nitrogens is 3. The van der Waals surface area contributed by atoms with Crippen LogP contribution < -0.4 is 10.6 Å². The summed E-state index contributed by atoms with van der Waals surface area (Å²) in [5, 5.41) is 13.9. The molecule has 3 amide bonds. The summed E-state index contributed by atoms with van der Waals surface area (Å²) in [5.41, 5.74) is 0.655. The summed E-state index contributed by atoms with van der Waals surface area (Å²) in [6.07, 6.45) is 3.75. The second-order valence-electron chi connectivity index (χ2n) is 6.39. The molecular formula is C20H18N6O3. The number of carbonyl (C=O) groups excluding carboxylic acids is 3. The molecule has 0 spiro atoms. The maximum Gasteiger partial charge on any atom is 0.262 e. The van der Waals surface area contributed by atoms with Gasteiger partial charge < -0.3 is 15.2 Å². The lowest BCUT2D eigenvalue weighted by Gasteiger charge is -2.13. The number of imide groups is 1. The van der Waals surface area contributed by atoms with Crippen molar-refractivity contribution < 1.29 is 14.4 Å². The average molecular weight is 390 g/mol. The summed E-state index contributed by atoms with van der Waals surface area (Å²) in [7, 11) is 0. The van der Waals surface area contributed by atoms with E-state index in [4.69, 9.17) is 0 Å². The Morgan fingerprint density at radius 2 is 1.55 bits per heavy atom. The minimum atomic E-state index is -0.447. The van der Waals surface area contributed by atoms with E-state index in [-0.39, 0.29) is 6.54 Å². The van der Waals surface area contributed by atoms with E-state index in [1.807, 2.05) is 35.2 Å². The first kappa shape index (κ1) is 18.4. The highest BCUT2D eigenvalue weighted by Crippen LogP contribution is 2.21. The number of hydrogen-bond donors (Lipinski definition) is 2. The third-order valence-corrected chi connectivity index (χ3v) is 4.45. The first-order valence-electron chi connectivity index (χ1n) is 9.06. The minimum absolute atomic E-state index is 0.308. The van der Waals surface area contributed by atoms with E-state index in [1.165, 1.54) is 0 Å². The van der Waals surface area contributed by atoms with Crippen LogP contribution in [0.1, 0.15) is 20.7 Å². The Kier molecular flexibility index (Phi) is 5.02. The first-order chi connectivity index (χ1) is 14.1. The fourth-order valence-electron chi connectivity index (χ4n) is 3.02. The molecule has 3 heterocycles. The molecule has 0 saturated carbocycles. The van der Waals surface area contributed by atoms with E-state index in [0.717, 1.165) is 4.90 Å². The van der Waals surface area contributed by atoms with Crippen molar-refractivity contribution >= 4 is 23.5 Å². The van der Waals surface area contributed by atoms with Gasteiger partial charge in [0.05, 0.1) is 11.1 Å². The molecule has 0 unspecified atom stereocenters. The molecule has 2 aromatic heterocycles. The molecule has 1 aromatic carbocycles. The minimum Gasteiger partial charge on any atom is -0.367 e. The first-order valence-corrected chi connectivity index (χ1v) is 9.06. The van der Waals surface area contributed by atoms with Gasteiger partial charge >= 0.3 is 0 Å². The van der Waals surface area contributed by atoms with Crippen LogP contribution >= 0.6 is 0 Å². The number of hydrogen-bond acceptors (Lipinski definition) is 6. The summed E-state index contributed by atoms with van der Waals surface area (Å²) in [5.74, 6) is -0.0190. The van der Waals surface area contributed by atoms with Crippen molar-refractivity contribution in [3.05, 3.63) is 72.1 Å². The quantitative estimate of drug-likeness (QED) is 0.462. The molecule has 9 heteroatoms. The number of benzene rings is 1. The fraction of sp³-hybridized carbons (Fsp3) is 0.150. The highest BCUT2D eigenvalue weighted by atomic mass is 16.2. The van der Waals surface area contributed by atoms with Gasteiger partial charge in [0.25, 0.3) is 11.8 Å². The van der Waals surface area contributed by atoms with E-state index in [1.54, 1.807) is 30.3 Å². The van der Waals surface area contributed by atoms with Gasteiger partial charge in [0.15, 0.2) is 5.82 Å². The van der Waals surface area contributed by atoms with Crippen LogP contribution in [0.25, 0.3) is 5.82 Å². The lowest BCUT2D eigenvalue weighted by Crippen LogP contribution is -2.41. The van der Waals surface area contributed by atoms with Crippen molar-refractivity contribution in [2.75, 3.05) is 25.0 Å². The summed E-state index contributed by atoms with van der Waals surface area (Å²) in [6.45, 7) is 0.423. The molecule has 2 N–H and O–H groups in total. The van der Waals surface area contributed by atoms with E-state index in [2.05, 4.69) is 20.8 Å². The summed E-state index contributed by atoms with van der Waals surface area (Å²) >= 11 is 0. The zero-order valence-corrected chi connectivity index (χ0v) is 15.4. The number of fused-ring (bicyclic) bond motifs is 1. The molecule has 0 atom stereocenters. The highest BCUT2D eigenvalue weighted by molar-refractivity contribution is 6.22. The third kappa shape index (κ3) is 3.84. The van der Waals surface area contributed by atoms with E-state index >= 15 is 0 Å². The van der Waals surface area contributed by atoms with Gasteiger partial charge in [-0.1, -0.05) is 12.1 Å². The molecule has 0 bridgehead atoms. The zero-order chi connectivity index (χ0) is 20.2. The fourth-order valence-corrected chi connectivity index (χ4v) is 3.02. The molecule has 1 aliphatic rings. The maximum atomic E-state index is 12.3. The van der Waals surface area contributed by atoms with Crippen molar-refractivity contribution in [3.63, 3.8) is 0 Å². The predicted molar refractivity (Wildman–Crippen MR) is 105 cm³/mol. The number of nitrogens with zero attached hydrogens (tertiary/aromatic N) is 4. The summed E-state index contributed by atoms with van der Waals surface area (Å²) < 4.78 is 1.84. The Hall–Kier alpha value is -4.01. The molecule has 29 heavy (non-hydrogen) atoms. The van der Waals surface area contributed by atoms with Crippen LogP contribution in [-0.2, 0) is 4.79 Å². The van der Waals surface area contributed by atoms with Crippen molar-refractivity contribution in [1.29, 1.82) is 0 Å². The number of carbonyl (C=O) groups is 3. The summed E-state index contributed by atoms with van der Waals surface area (Å²) in [6, 6.07) is 14.0. The second-order valence-corrected chi connectivity index (χ2v) is 6.39. The molecule has 146 valence electrons. The van der Waals surface area contributed by atoms with Crippen molar-refractivity contribution in [2.45, 2.75) is 0 Å². The number of nitrogens with one attached hydrogen (secondary N) is 2. The van der Waals surface area contributed by atoms with Crippen molar-refractivity contribution in [2.24, 2.45) is 0 Å². The highest BCUT2D eigenvalue weighted by Gasteiger charge is 2.36. The Morgan fingerprint density at radius 3 is 2.17 bits per heavy atom. The molecular weight excluding hydrogens is 372 g/mol. The SMILES string of the molecule is O=C(CN1C(=O)c2ccccc2C1=O)NCCNc1ccc(-n2cccc2)nn1. The van der Waals surface area contributed by atoms with Gasteiger partial charge in [0.1, 0.15) is 12.4 Å². The number of rotatable bonds is 7. The van der Waals surface area contributed by atoms with Gasteiger partial charge in [0.2, 0.25) is 5.91 Å². The summed E-state index contributed by atoms with van der Waals surface area (Å²) in [4.78, 5) is 37.6. The molecule has 0 radical (unpaired) electrons. The van der Waals surface area contributed by atoms with E-state index < -0.39 is 17.7 Å². The molecule has 0 saturated heterocycles. The lowest BCUT2D eigenvalue weighted by atomic mass is 10.1. The zero-order valence-electron chi connectivity index (χ0n) is 15.4. The smallest absolute Gasteiger partial charge is 0.262 e. The molecule has 0 fully saturated rings. The molecule has 0 aliphatic carbocycles. The maximum absolute atomic E-state index is 12.3. The van der Waals surface area contributed by atoms with Gasteiger partial charge in [-0.3, -0.25) is 19.3 Å². The average Bonchev–Trinajstić information content (AvgIpc) is 3.36. The van der Waals surface area contributed by atoms with Crippen LogP contribution in [0.5, 0.6) is 0 Å². The molecule has 9 nitrogen and oxygen atoms in total. The van der Waals surface area contributed by atoms with Gasteiger partial charge in [-0.15, -0.1) is 10.2 Å². The van der Waals surface area contributed by atoms with Crippen LogP contribution in [-0.4, -0.2) is 57.0 Å². The Labute approximate surface area is 166 Å². The Morgan fingerprint density at radius 1 is 0.862 bits per heavy atom. The van der Waals surface area contributed by atoms with Gasteiger partial charge in [-0.05, 0) is 36.4 Å².